The lowest BCUT2D eigenvalue weighted by Gasteiger charge is -2.32. The minimum atomic E-state index is -0.0917. The third-order valence-corrected chi connectivity index (χ3v) is 8.60. The molecule has 2 fully saturated rings. The maximum absolute atomic E-state index is 12.9. The first-order chi connectivity index (χ1) is 19.0. The van der Waals surface area contributed by atoms with Crippen LogP contribution in [-0.2, 0) is 11.8 Å². The summed E-state index contributed by atoms with van der Waals surface area (Å²) in [5, 5.41) is 9.41. The maximum Gasteiger partial charge on any atom is 0.289 e. The van der Waals surface area contributed by atoms with Gasteiger partial charge in [-0.15, -0.1) is 10.2 Å². The van der Waals surface area contributed by atoms with Gasteiger partial charge in [-0.3, -0.25) is 4.79 Å². The fourth-order valence-electron chi connectivity index (χ4n) is 6.07. The van der Waals surface area contributed by atoms with Crippen LogP contribution in [0.2, 0.25) is 5.02 Å². The molecule has 39 heavy (non-hydrogen) atoms. The molecule has 202 valence electrons. The normalized spacial score (nSPS) is 21.6. The van der Waals surface area contributed by atoms with Crippen molar-refractivity contribution in [2.45, 2.75) is 37.0 Å². The largest absolute Gasteiger partial charge is 0.459 e. The van der Waals surface area contributed by atoms with E-state index in [9.17, 15) is 4.79 Å². The Hall–Kier alpha value is -3.42. The van der Waals surface area contributed by atoms with Crippen LogP contribution in [-0.4, -0.2) is 59.1 Å². The van der Waals surface area contributed by atoms with Gasteiger partial charge in [0.15, 0.2) is 5.76 Å². The average Bonchev–Trinajstić information content (AvgIpc) is 3.32. The lowest BCUT2D eigenvalue weighted by molar-refractivity contribution is 0.0744. The predicted molar refractivity (Wildman–Crippen MR) is 149 cm³/mol. The van der Waals surface area contributed by atoms with Crippen molar-refractivity contribution in [3.8, 4) is 0 Å². The number of furan rings is 1. The van der Waals surface area contributed by atoms with Crippen LogP contribution in [0.3, 0.4) is 0 Å². The Morgan fingerprint density at radius 3 is 2.54 bits per heavy atom. The summed E-state index contributed by atoms with van der Waals surface area (Å²) in [7, 11) is 1.86. The highest BCUT2D eigenvalue weighted by Crippen LogP contribution is 2.55. The van der Waals surface area contributed by atoms with Crippen molar-refractivity contribution < 1.29 is 13.6 Å². The molecule has 3 heterocycles. The van der Waals surface area contributed by atoms with Crippen LogP contribution >= 0.6 is 11.6 Å². The van der Waals surface area contributed by atoms with Crippen molar-refractivity contribution in [3.63, 3.8) is 0 Å². The first-order valence-electron chi connectivity index (χ1n) is 13.6. The fraction of sp³-hybridized carbons (Fsp3) is 0.387. The second-order valence-corrected chi connectivity index (χ2v) is 11.4. The van der Waals surface area contributed by atoms with E-state index in [2.05, 4.69) is 39.4 Å². The number of rotatable bonds is 9. The molecule has 7 nitrogen and oxygen atoms in total. The summed E-state index contributed by atoms with van der Waals surface area (Å²) in [6.07, 6.45) is 5.25. The lowest BCUT2D eigenvalue weighted by atomic mass is 9.91. The van der Waals surface area contributed by atoms with Crippen LogP contribution in [0.1, 0.15) is 58.6 Å². The highest BCUT2D eigenvalue weighted by Gasteiger charge is 2.56. The number of hydrogen-bond donors (Lipinski definition) is 0. The van der Waals surface area contributed by atoms with Crippen LogP contribution in [0.5, 0.6) is 0 Å². The van der Waals surface area contributed by atoms with E-state index in [-0.39, 0.29) is 11.3 Å². The SMILES string of the molecule is CN(C[C@@]1(c2ccc(Cl)cc2)C[C@H]1CN1CCC(c2nnc(Cc3ccccc3)o2)CC1)C(=O)c1ccco1. The smallest absolute Gasteiger partial charge is 0.289 e. The number of halogens is 1. The first-order valence-corrected chi connectivity index (χ1v) is 14.0. The van der Waals surface area contributed by atoms with Crippen LogP contribution < -0.4 is 0 Å². The van der Waals surface area contributed by atoms with E-state index in [1.54, 1.807) is 17.0 Å². The topological polar surface area (TPSA) is 75.6 Å². The molecule has 0 spiro atoms. The number of benzene rings is 2. The van der Waals surface area contributed by atoms with Crippen LogP contribution in [0.15, 0.2) is 81.8 Å². The zero-order valence-electron chi connectivity index (χ0n) is 22.1. The van der Waals surface area contributed by atoms with Gasteiger partial charge in [0, 0.05) is 36.5 Å². The molecule has 2 atom stereocenters. The standard InChI is InChI=1S/C31H33ClN4O3/c1-35(30(37)27-8-5-17-38-27)21-31(24-9-11-26(32)12-10-24)19-25(31)20-36-15-13-23(14-16-36)29-34-33-28(39-29)18-22-6-3-2-4-7-22/h2-12,17,23,25H,13-16,18-21H2,1H3/t25-,31+/m0/s1. The Labute approximate surface area is 233 Å². The minimum Gasteiger partial charge on any atom is -0.459 e. The summed E-state index contributed by atoms with van der Waals surface area (Å²) in [6, 6.07) is 21.8. The van der Waals surface area contributed by atoms with Crippen LogP contribution in [0, 0.1) is 5.92 Å². The molecule has 1 saturated carbocycles. The molecule has 4 aromatic rings. The molecule has 0 bridgehead atoms. The Bertz CT molecular complexity index is 1380. The first kappa shape index (κ1) is 25.8. The van der Waals surface area contributed by atoms with E-state index in [4.69, 9.17) is 20.4 Å². The molecule has 2 aliphatic rings. The van der Waals surface area contributed by atoms with Crippen LogP contribution in [0.25, 0.3) is 0 Å². The summed E-state index contributed by atoms with van der Waals surface area (Å²) in [5.41, 5.74) is 2.33. The van der Waals surface area contributed by atoms with Crippen molar-refractivity contribution in [2.75, 3.05) is 33.2 Å². The second-order valence-electron chi connectivity index (χ2n) is 11.0. The van der Waals surface area contributed by atoms with Crippen molar-refractivity contribution in [3.05, 3.63) is 107 Å². The van der Waals surface area contributed by atoms with Gasteiger partial charge in [0.25, 0.3) is 5.91 Å². The Balaban J connectivity index is 1.08. The van der Waals surface area contributed by atoms with Gasteiger partial charge in [-0.2, -0.15) is 0 Å². The van der Waals surface area contributed by atoms with Crippen molar-refractivity contribution in [1.82, 2.24) is 20.0 Å². The Morgan fingerprint density at radius 2 is 1.82 bits per heavy atom. The molecule has 0 N–H and O–H groups in total. The van der Waals surface area contributed by atoms with Crippen LogP contribution in [0.4, 0.5) is 0 Å². The number of piperidine rings is 1. The van der Waals surface area contributed by atoms with E-state index in [1.165, 1.54) is 17.4 Å². The van der Waals surface area contributed by atoms with Gasteiger partial charge in [0.05, 0.1) is 12.7 Å². The molecule has 2 aromatic carbocycles. The molecule has 1 aliphatic carbocycles. The number of nitrogens with zero attached hydrogens (tertiary/aromatic N) is 4. The summed E-state index contributed by atoms with van der Waals surface area (Å²) in [5.74, 6) is 2.48. The molecule has 0 radical (unpaired) electrons. The predicted octanol–water partition coefficient (Wildman–Crippen LogP) is 5.82. The zero-order valence-corrected chi connectivity index (χ0v) is 22.9. The van der Waals surface area contributed by atoms with Gasteiger partial charge in [0.1, 0.15) is 0 Å². The highest BCUT2D eigenvalue weighted by molar-refractivity contribution is 6.30. The molecular weight excluding hydrogens is 512 g/mol. The highest BCUT2D eigenvalue weighted by atomic mass is 35.5. The molecule has 0 unspecified atom stereocenters. The monoisotopic (exact) mass is 544 g/mol. The van der Waals surface area contributed by atoms with Gasteiger partial charge >= 0.3 is 0 Å². The number of aromatic nitrogens is 2. The van der Waals surface area contributed by atoms with Crippen molar-refractivity contribution in [1.29, 1.82) is 0 Å². The third-order valence-electron chi connectivity index (χ3n) is 8.35. The van der Waals surface area contributed by atoms with Gasteiger partial charge in [-0.25, -0.2) is 0 Å². The molecule has 6 rings (SSSR count). The molecule has 1 aliphatic heterocycles. The second kappa shape index (κ2) is 11.0. The Kier molecular flexibility index (Phi) is 7.28. The maximum atomic E-state index is 12.9. The quantitative estimate of drug-likeness (QED) is 0.264. The number of hydrogen-bond acceptors (Lipinski definition) is 6. The van der Waals surface area contributed by atoms with Crippen molar-refractivity contribution >= 4 is 17.5 Å². The summed E-state index contributed by atoms with van der Waals surface area (Å²) in [6.45, 7) is 3.63. The number of carbonyl (C=O) groups excluding carboxylic acids is 1. The van der Waals surface area contributed by atoms with E-state index in [1.807, 2.05) is 37.4 Å². The molecule has 1 amide bonds. The van der Waals surface area contributed by atoms with Gasteiger partial charge < -0.3 is 18.6 Å². The molecule has 8 heteroatoms. The average molecular weight is 545 g/mol. The van der Waals surface area contributed by atoms with Gasteiger partial charge in [-0.05, 0) is 73.7 Å². The number of likely N-dealkylation sites (N-methyl/N-ethyl adjacent to an activating group) is 1. The molecule has 2 aromatic heterocycles. The number of likely N-dealkylation sites (tertiary alicyclic amines) is 1. The summed E-state index contributed by atoms with van der Waals surface area (Å²) >= 11 is 6.20. The summed E-state index contributed by atoms with van der Waals surface area (Å²) < 4.78 is 11.4. The van der Waals surface area contributed by atoms with E-state index in [0.717, 1.165) is 49.8 Å². The van der Waals surface area contributed by atoms with E-state index in [0.29, 0.717) is 36.5 Å². The van der Waals surface area contributed by atoms with E-state index >= 15 is 0 Å². The number of amides is 1. The third kappa shape index (κ3) is 5.65. The minimum absolute atomic E-state index is 0.0860. The van der Waals surface area contributed by atoms with E-state index < -0.39 is 0 Å². The summed E-state index contributed by atoms with van der Waals surface area (Å²) in [4.78, 5) is 17.3. The molecule has 1 saturated heterocycles. The van der Waals surface area contributed by atoms with Gasteiger partial charge in [-0.1, -0.05) is 54.1 Å². The molecular formula is C31H33ClN4O3. The Morgan fingerprint density at radius 1 is 1.05 bits per heavy atom. The lowest BCUT2D eigenvalue weighted by Crippen LogP contribution is -2.39. The van der Waals surface area contributed by atoms with Gasteiger partial charge in [0.2, 0.25) is 11.8 Å². The zero-order chi connectivity index (χ0) is 26.8. The number of carbonyl (C=O) groups is 1. The van der Waals surface area contributed by atoms with Crippen molar-refractivity contribution in [2.24, 2.45) is 5.92 Å². The fourth-order valence-corrected chi connectivity index (χ4v) is 6.20.